The topological polar surface area (TPSA) is 47.6 Å². The Morgan fingerprint density at radius 3 is 2.50 bits per heavy atom. The Morgan fingerprint density at radius 2 is 1.83 bits per heavy atom. The molecule has 2 aromatic carbocycles. The SMILES string of the molecule is CCCC(NC(=O)c1cc2c(cc1Cl)OCCO2)c1ccccc1. The van der Waals surface area contributed by atoms with Gasteiger partial charge >= 0.3 is 0 Å². The highest BCUT2D eigenvalue weighted by Crippen LogP contribution is 2.35. The van der Waals surface area contributed by atoms with Gasteiger partial charge in [0.25, 0.3) is 5.91 Å². The lowest BCUT2D eigenvalue weighted by molar-refractivity contribution is 0.0933. The molecule has 0 saturated carbocycles. The van der Waals surface area contributed by atoms with E-state index >= 15 is 0 Å². The molecule has 1 aliphatic rings. The van der Waals surface area contributed by atoms with Gasteiger partial charge in [-0.3, -0.25) is 4.79 Å². The minimum absolute atomic E-state index is 0.0482. The van der Waals surface area contributed by atoms with Gasteiger partial charge in [0.05, 0.1) is 16.6 Å². The second-order valence-electron chi connectivity index (χ2n) is 5.70. The zero-order valence-electron chi connectivity index (χ0n) is 13.5. The van der Waals surface area contributed by atoms with Gasteiger partial charge in [0.1, 0.15) is 13.2 Å². The smallest absolute Gasteiger partial charge is 0.253 e. The van der Waals surface area contributed by atoms with Crippen LogP contribution in [-0.4, -0.2) is 19.1 Å². The van der Waals surface area contributed by atoms with Crippen LogP contribution in [0.25, 0.3) is 0 Å². The fraction of sp³-hybridized carbons (Fsp3) is 0.316. The number of fused-ring (bicyclic) bond motifs is 1. The van der Waals surface area contributed by atoms with E-state index in [1.807, 2.05) is 30.3 Å². The number of rotatable bonds is 5. The summed E-state index contributed by atoms with van der Waals surface area (Å²) >= 11 is 6.27. The van der Waals surface area contributed by atoms with Crippen LogP contribution in [0.1, 0.15) is 41.7 Å². The summed E-state index contributed by atoms with van der Waals surface area (Å²) < 4.78 is 11.0. The minimum atomic E-state index is -0.209. The van der Waals surface area contributed by atoms with E-state index in [9.17, 15) is 4.79 Å². The van der Waals surface area contributed by atoms with Crippen molar-refractivity contribution in [3.8, 4) is 11.5 Å². The first-order valence-corrected chi connectivity index (χ1v) is 8.51. The predicted molar refractivity (Wildman–Crippen MR) is 94.0 cm³/mol. The summed E-state index contributed by atoms with van der Waals surface area (Å²) in [7, 11) is 0. The first-order chi connectivity index (χ1) is 11.7. The molecular weight excluding hydrogens is 326 g/mol. The molecule has 3 rings (SSSR count). The summed E-state index contributed by atoms with van der Waals surface area (Å²) in [6.45, 7) is 3.05. The number of carbonyl (C=O) groups is 1. The molecule has 24 heavy (non-hydrogen) atoms. The van der Waals surface area contributed by atoms with Crippen LogP contribution in [0.4, 0.5) is 0 Å². The maximum Gasteiger partial charge on any atom is 0.253 e. The molecular formula is C19H20ClNO3. The van der Waals surface area contributed by atoms with Crippen molar-refractivity contribution >= 4 is 17.5 Å². The van der Waals surface area contributed by atoms with E-state index in [0.717, 1.165) is 18.4 Å². The summed E-state index contributed by atoms with van der Waals surface area (Å²) in [4.78, 5) is 12.7. The molecule has 1 atom stereocenters. The van der Waals surface area contributed by atoms with Gasteiger partial charge in [-0.2, -0.15) is 0 Å². The summed E-state index contributed by atoms with van der Waals surface area (Å²) in [6.07, 6.45) is 1.83. The summed E-state index contributed by atoms with van der Waals surface area (Å²) in [5.74, 6) is 0.929. The molecule has 0 spiro atoms. The molecule has 0 aliphatic carbocycles. The van der Waals surface area contributed by atoms with Crippen LogP contribution >= 0.6 is 11.6 Å². The summed E-state index contributed by atoms with van der Waals surface area (Å²) in [5, 5.41) is 3.44. The van der Waals surface area contributed by atoms with Crippen molar-refractivity contribution in [1.82, 2.24) is 5.32 Å². The molecule has 1 unspecified atom stereocenters. The zero-order valence-corrected chi connectivity index (χ0v) is 14.3. The van der Waals surface area contributed by atoms with Crippen molar-refractivity contribution in [2.75, 3.05) is 13.2 Å². The lowest BCUT2D eigenvalue weighted by Gasteiger charge is -2.21. The Balaban J connectivity index is 1.83. The largest absolute Gasteiger partial charge is 0.486 e. The highest BCUT2D eigenvalue weighted by atomic mass is 35.5. The van der Waals surface area contributed by atoms with E-state index in [-0.39, 0.29) is 11.9 Å². The van der Waals surface area contributed by atoms with Gasteiger partial charge in [0.15, 0.2) is 11.5 Å². The molecule has 1 N–H and O–H groups in total. The number of carbonyl (C=O) groups excluding carboxylic acids is 1. The second-order valence-corrected chi connectivity index (χ2v) is 6.11. The lowest BCUT2D eigenvalue weighted by atomic mass is 10.0. The van der Waals surface area contributed by atoms with E-state index in [2.05, 4.69) is 12.2 Å². The molecule has 2 aromatic rings. The maximum absolute atomic E-state index is 12.7. The van der Waals surface area contributed by atoms with Gasteiger partial charge < -0.3 is 14.8 Å². The van der Waals surface area contributed by atoms with Gasteiger partial charge in [-0.1, -0.05) is 55.3 Å². The van der Waals surface area contributed by atoms with Crippen LogP contribution in [0, 0.1) is 0 Å². The van der Waals surface area contributed by atoms with Gasteiger partial charge in [-0.05, 0) is 18.1 Å². The first kappa shape index (κ1) is 16.7. The molecule has 5 heteroatoms. The monoisotopic (exact) mass is 345 g/mol. The molecule has 0 radical (unpaired) electrons. The molecule has 1 heterocycles. The molecule has 0 aromatic heterocycles. The van der Waals surface area contributed by atoms with Gasteiger partial charge in [-0.25, -0.2) is 0 Å². The van der Waals surface area contributed by atoms with Crippen molar-refractivity contribution < 1.29 is 14.3 Å². The third-order valence-electron chi connectivity index (χ3n) is 3.96. The Morgan fingerprint density at radius 1 is 1.17 bits per heavy atom. The molecule has 0 bridgehead atoms. The number of hydrogen-bond acceptors (Lipinski definition) is 3. The van der Waals surface area contributed by atoms with E-state index in [4.69, 9.17) is 21.1 Å². The van der Waals surface area contributed by atoms with Crippen molar-refractivity contribution in [1.29, 1.82) is 0 Å². The van der Waals surface area contributed by atoms with Crippen LogP contribution in [0.15, 0.2) is 42.5 Å². The van der Waals surface area contributed by atoms with E-state index in [0.29, 0.717) is 35.3 Å². The number of halogens is 1. The quantitative estimate of drug-likeness (QED) is 0.874. The van der Waals surface area contributed by atoms with Crippen molar-refractivity contribution in [3.63, 3.8) is 0 Å². The Labute approximate surface area is 146 Å². The van der Waals surface area contributed by atoms with Crippen molar-refractivity contribution in [2.24, 2.45) is 0 Å². The average molecular weight is 346 g/mol. The zero-order chi connectivity index (χ0) is 16.9. The molecule has 4 nitrogen and oxygen atoms in total. The second kappa shape index (κ2) is 7.58. The van der Waals surface area contributed by atoms with Crippen molar-refractivity contribution in [3.05, 3.63) is 58.6 Å². The Hall–Kier alpha value is -2.20. The van der Waals surface area contributed by atoms with Crippen LogP contribution in [0.2, 0.25) is 5.02 Å². The minimum Gasteiger partial charge on any atom is -0.486 e. The number of nitrogens with one attached hydrogen (secondary N) is 1. The standard InChI is InChI=1S/C19H20ClNO3/c1-2-6-16(13-7-4-3-5-8-13)21-19(22)14-11-17-18(12-15(14)20)24-10-9-23-17/h3-5,7-8,11-12,16H,2,6,9-10H2,1H3,(H,21,22). The fourth-order valence-electron chi connectivity index (χ4n) is 2.77. The Kier molecular flexibility index (Phi) is 5.26. The number of ether oxygens (including phenoxy) is 2. The summed E-state index contributed by atoms with van der Waals surface area (Å²) in [5.41, 5.74) is 1.49. The number of amides is 1. The van der Waals surface area contributed by atoms with Gasteiger partial charge in [0, 0.05) is 6.07 Å². The van der Waals surface area contributed by atoms with Gasteiger partial charge in [-0.15, -0.1) is 0 Å². The Bertz CT molecular complexity index is 718. The van der Waals surface area contributed by atoms with Gasteiger partial charge in [0.2, 0.25) is 0 Å². The average Bonchev–Trinajstić information content (AvgIpc) is 2.61. The molecule has 0 saturated heterocycles. The maximum atomic E-state index is 12.7. The lowest BCUT2D eigenvalue weighted by Crippen LogP contribution is -2.29. The highest BCUT2D eigenvalue weighted by molar-refractivity contribution is 6.34. The number of hydrogen-bond donors (Lipinski definition) is 1. The van der Waals surface area contributed by atoms with E-state index in [1.165, 1.54) is 0 Å². The third kappa shape index (κ3) is 3.65. The van der Waals surface area contributed by atoms with Crippen LogP contribution < -0.4 is 14.8 Å². The van der Waals surface area contributed by atoms with E-state index < -0.39 is 0 Å². The first-order valence-electron chi connectivity index (χ1n) is 8.14. The number of benzene rings is 2. The summed E-state index contributed by atoms with van der Waals surface area (Å²) in [6, 6.07) is 13.2. The molecule has 126 valence electrons. The normalized spacial score (nSPS) is 14.1. The molecule has 1 aliphatic heterocycles. The van der Waals surface area contributed by atoms with E-state index in [1.54, 1.807) is 12.1 Å². The molecule has 1 amide bonds. The third-order valence-corrected chi connectivity index (χ3v) is 4.27. The van der Waals surface area contributed by atoms with Crippen LogP contribution in [0.5, 0.6) is 11.5 Å². The molecule has 0 fully saturated rings. The fourth-order valence-corrected chi connectivity index (χ4v) is 3.01. The van der Waals surface area contributed by atoms with Crippen LogP contribution in [0.3, 0.4) is 0 Å². The predicted octanol–water partition coefficient (Wildman–Crippen LogP) is 4.38. The highest BCUT2D eigenvalue weighted by Gasteiger charge is 2.21. The van der Waals surface area contributed by atoms with Crippen LogP contribution in [-0.2, 0) is 0 Å². The van der Waals surface area contributed by atoms with Crippen molar-refractivity contribution in [2.45, 2.75) is 25.8 Å².